The first-order valence-electron chi connectivity index (χ1n) is 6.02. The van der Waals surface area contributed by atoms with Crippen LogP contribution in [0.3, 0.4) is 0 Å². The van der Waals surface area contributed by atoms with Crippen LogP contribution in [0.25, 0.3) is 0 Å². The molecule has 0 spiro atoms. The van der Waals surface area contributed by atoms with Gasteiger partial charge in [0.15, 0.2) is 5.82 Å². The SMILES string of the molecule is CCc1noc(C2NCCc3ccccc32)n1. The molecule has 1 aromatic carbocycles. The van der Waals surface area contributed by atoms with Crippen molar-refractivity contribution in [3.05, 3.63) is 47.1 Å². The molecule has 0 fully saturated rings. The van der Waals surface area contributed by atoms with Crippen LogP contribution in [0.2, 0.25) is 0 Å². The minimum Gasteiger partial charge on any atom is -0.337 e. The first-order valence-corrected chi connectivity index (χ1v) is 6.02. The lowest BCUT2D eigenvalue weighted by molar-refractivity contribution is 0.340. The minimum absolute atomic E-state index is 0.0488. The van der Waals surface area contributed by atoms with Crippen molar-refractivity contribution in [3.63, 3.8) is 0 Å². The summed E-state index contributed by atoms with van der Waals surface area (Å²) in [6.45, 7) is 2.97. The monoisotopic (exact) mass is 229 g/mol. The Morgan fingerprint density at radius 2 is 2.29 bits per heavy atom. The molecule has 88 valence electrons. The van der Waals surface area contributed by atoms with Crippen LogP contribution in [0, 0.1) is 0 Å². The van der Waals surface area contributed by atoms with Gasteiger partial charge in [0.2, 0.25) is 5.89 Å². The third kappa shape index (κ3) is 1.85. The van der Waals surface area contributed by atoms with Gasteiger partial charge < -0.3 is 9.84 Å². The summed E-state index contributed by atoms with van der Waals surface area (Å²) in [5, 5.41) is 7.39. The van der Waals surface area contributed by atoms with Gasteiger partial charge in [-0.3, -0.25) is 0 Å². The molecule has 1 aliphatic heterocycles. The summed E-state index contributed by atoms with van der Waals surface area (Å²) < 4.78 is 5.33. The fourth-order valence-electron chi connectivity index (χ4n) is 2.25. The van der Waals surface area contributed by atoms with Crippen molar-refractivity contribution in [2.45, 2.75) is 25.8 Å². The third-order valence-electron chi connectivity index (χ3n) is 3.16. The number of aromatic nitrogens is 2. The number of hydrogen-bond acceptors (Lipinski definition) is 4. The zero-order valence-electron chi connectivity index (χ0n) is 9.81. The molecule has 4 nitrogen and oxygen atoms in total. The number of nitrogens with zero attached hydrogens (tertiary/aromatic N) is 2. The van der Waals surface area contributed by atoms with Gasteiger partial charge >= 0.3 is 0 Å². The Kier molecular flexibility index (Phi) is 2.65. The Labute approximate surface area is 100 Å². The highest BCUT2D eigenvalue weighted by Gasteiger charge is 2.25. The molecular formula is C13H15N3O. The van der Waals surface area contributed by atoms with Gasteiger partial charge in [0.25, 0.3) is 0 Å². The highest BCUT2D eigenvalue weighted by molar-refractivity contribution is 5.35. The lowest BCUT2D eigenvalue weighted by Crippen LogP contribution is -2.30. The molecule has 17 heavy (non-hydrogen) atoms. The maximum absolute atomic E-state index is 5.33. The van der Waals surface area contributed by atoms with Gasteiger partial charge in [0.1, 0.15) is 6.04 Å². The van der Waals surface area contributed by atoms with Gasteiger partial charge in [-0.15, -0.1) is 0 Å². The smallest absolute Gasteiger partial charge is 0.248 e. The second-order valence-electron chi connectivity index (χ2n) is 4.24. The predicted octanol–water partition coefficient (Wildman–Crippen LogP) is 1.87. The molecule has 0 aliphatic carbocycles. The fourth-order valence-corrected chi connectivity index (χ4v) is 2.25. The van der Waals surface area contributed by atoms with Gasteiger partial charge in [0, 0.05) is 13.0 Å². The van der Waals surface area contributed by atoms with Crippen molar-refractivity contribution in [3.8, 4) is 0 Å². The Bertz CT molecular complexity index is 521. The first kappa shape index (κ1) is 10.5. The lowest BCUT2D eigenvalue weighted by Gasteiger charge is -2.23. The maximum Gasteiger partial charge on any atom is 0.248 e. The third-order valence-corrected chi connectivity index (χ3v) is 3.16. The molecule has 2 heterocycles. The van der Waals surface area contributed by atoms with Crippen molar-refractivity contribution >= 4 is 0 Å². The van der Waals surface area contributed by atoms with Gasteiger partial charge in [0.05, 0.1) is 0 Å². The molecule has 4 heteroatoms. The zero-order valence-corrected chi connectivity index (χ0v) is 9.81. The zero-order chi connectivity index (χ0) is 11.7. The predicted molar refractivity (Wildman–Crippen MR) is 63.7 cm³/mol. The Morgan fingerprint density at radius 3 is 3.12 bits per heavy atom. The topological polar surface area (TPSA) is 51.0 Å². The highest BCUT2D eigenvalue weighted by Crippen LogP contribution is 2.27. The first-order chi connectivity index (χ1) is 8.38. The van der Waals surface area contributed by atoms with E-state index in [1.807, 2.05) is 6.92 Å². The molecule has 0 radical (unpaired) electrons. The molecule has 1 aliphatic rings. The molecule has 1 atom stereocenters. The largest absolute Gasteiger partial charge is 0.337 e. The van der Waals surface area contributed by atoms with Gasteiger partial charge in [-0.2, -0.15) is 4.98 Å². The molecule has 3 rings (SSSR count). The molecule has 1 aromatic heterocycles. The number of benzene rings is 1. The van der Waals surface area contributed by atoms with Crippen molar-refractivity contribution in [2.24, 2.45) is 0 Å². The number of fused-ring (bicyclic) bond motifs is 1. The molecule has 1 N–H and O–H groups in total. The quantitative estimate of drug-likeness (QED) is 0.854. The number of rotatable bonds is 2. The average Bonchev–Trinajstić information content (AvgIpc) is 2.87. The summed E-state index contributed by atoms with van der Waals surface area (Å²) in [5.74, 6) is 1.44. The standard InChI is InChI=1S/C13H15N3O/c1-2-11-15-13(17-16-11)12-10-6-4-3-5-9(10)7-8-14-12/h3-6,12,14H,2,7-8H2,1H3. The Morgan fingerprint density at radius 1 is 1.41 bits per heavy atom. The van der Waals surface area contributed by atoms with Crippen LogP contribution in [0.15, 0.2) is 28.8 Å². The van der Waals surface area contributed by atoms with Crippen LogP contribution in [0.1, 0.15) is 35.8 Å². The van der Waals surface area contributed by atoms with Crippen LogP contribution < -0.4 is 5.32 Å². The summed E-state index contributed by atoms with van der Waals surface area (Å²) in [4.78, 5) is 4.41. The van der Waals surface area contributed by atoms with E-state index in [-0.39, 0.29) is 6.04 Å². The van der Waals surface area contributed by atoms with Crippen molar-refractivity contribution in [1.82, 2.24) is 15.5 Å². The highest BCUT2D eigenvalue weighted by atomic mass is 16.5. The van der Waals surface area contributed by atoms with E-state index in [1.54, 1.807) is 0 Å². The number of aryl methyl sites for hydroxylation is 1. The molecule has 1 unspecified atom stereocenters. The van der Waals surface area contributed by atoms with Gasteiger partial charge in [-0.25, -0.2) is 0 Å². The van der Waals surface area contributed by atoms with Crippen LogP contribution in [-0.2, 0) is 12.8 Å². The van der Waals surface area contributed by atoms with Crippen LogP contribution in [0.4, 0.5) is 0 Å². The van der Waals surface area contributed by atoms with Crippen molar-refractivity contribution in [1.29, 1.82) is 0 Å². The van der Waals surface area contributed by atoms with E-state index in [0.717, 1.165) is 25.2 Å². The Hall–Kier alpha value is -1.68. The number of hydrogen-bond donors (Lipinski definition) is 1. The normalized spacial score (nSPS) is 19.0. The van der Waals surface area contributed by atoms with E-state index in [0.29, 0.717) is 5.89 Å². The van der Waals surface area contributed by atoms with Crippen LogP contribution >= 0.6 is 0 Å². The van der Waals surface area contributed by atoms with Crippen LogP contribution in [0.5, 0.6) is 0 Å². The summed E-state index contributed by atoms with van der Waals surface area (Å²) in [6, 6.07) is 8.47. The average molecular weight is 229 g/mol. The van der Waals surface area contributed by atoms with Gasteiger partial charge in [-0.05, 0) is 17.5 Å². The van der Waals surface area contributed by atoms with E-state index in [2.05, 4.69) is 39.7 Å². The molecule has 0 amide bonds. The molecular weight excluding hydrogens is 214 g/mol. The van der Waals surface area contributed by atoms with E-state index in [4.69, 9.17) is 4.52 Å². The van der Waals surface area contributed by atoms with Crippen molar-refractivity contribution < 1.29 is 4.52 Å². The molecule has 0 saturated heterocycles. The second kappa shape index (κ2) is 4.30. The molecule has 2 aromatic rings. The lowest BCUT2D eigenvalue weighted by atomic mass is 9.94. The van der Waals surface area contributed by atoms with E-state index in [9.17, 15) is 0 Å². The summed E-state index contributed by atoms with van der Waals surface area (Å²) in [7, 11) is 0. The van der Waals surface area contributed by atoms with Gasteiger partial charge in [-0.1, -0.05) is 36.3 Å². The number of nitrogens with one attached hydrogen (secondary N) is 1. The molecule has 0 saturated carbocycles. The van der Waals surface area contributed by atoms with Crippen LogP contribution in [-0.4, -0.2) is 16.7 Å². The van der Waals surface area contributed by atoms with E-state index >= 15 is 0 Å². The summed E-state index contributed by atoms with van der Waals surface area (Å²) in [6.07, 6.45) is 1.86. The maximum atomic E-state index is 5.33. The van der Waals surface area contributed by atoms with E-state index in [1.165, 1.54) is 11.1 Å². The van der Waals surface area contributed by atoms with E-state index < -0.39 is 0 Å². The summed E-state index contributed by atoms with van der Waals surface area (Å²) >= 11 is 0. The fraction of sp³-hybridized carbons (Fsp3) is 0.385. The van der Waals surface area contributed by atoms with Crippen molar-refractivity contribution in [2.75, 3.05) is 6.54 Å². The minimum atomic E-state index is 0.0488. The Balaban J connectivity index is 1.99. The second-order valence-corrected chi connectivity index (χ2v) is 4.24. The molecule has 0 bridgehead atoms. The summed E-state index contributed by atoms with van der Waals surface area (Å²) in [5.41, 5.74) is 2.62.